The van der Waals surface area contributed by atoms with Crippen molar-refractivity contribution in [3.05, 3.63) is 96.4 Å². The Kier molecular flexibility index (Phi) is 6.36. The molecule has 28 heavy (non-hydrogen) atoms. The van der Waals surface area contributed by atoms with Crippen LogP contribution in [0.25, 0.3) is 0 Å². The first-order chi connectivity index (χ1) is 13.4. The van der Waals surface area contributed by atoms with Crippen molar-refractivity contribution in [3.63, 3.8) is 0 Å². The van der Waals surface area contributed by atoms with Gasteiger partial charge in [-0.2, -0.15) is 0 Å². The highest BCUT2D eigenvalue weighted by Crippen LogP contribution is 2.43. The molecule has 0 spiro atoms. The van der Waals surface area contributed by atoms with Gasteiger partial charge in [0.2, 0.25) is 0 Å². The van der Waals surface area contributed by atoms with Crippen molar-refractivity contribution in [2.24, 2.45) is 0 Å². The van der Waals surface area contributed by atoms with E-state index in [0.717, 1.165) is 25.6 Å². The van der Waals surface area contributed by atoms with Gasteiger partial charge in [-0.25, -0.2) is 0 Å². The summed E-state index contributed by atoms with van der Waals surface area (Å²) in [6, 6.07) is 18.1. The highest BCUT2D eigenvalue weighted by atomic mass is 79.9. The fourth-order valence-electron chi connectivity index (χ4n) is 3.21. The lowest BCUT2D eigenvalue weighted by atomic mass is 9.84. The summed E-state index contributed by atoms with van der Waals surface area (Å²) in [4.78, 5) is 11.0. The first-order valence-corrected chi connectivity index (χ1v) is 9.94. The summed E-state index contributed by atoms with van der Waals surface area (Å²) in [5.41, 5.74) is 2.54. The molecule has 0 amide bonds. The number of benzene rings is 3. The minimum Gasteiger partial charge on any atom is -0.496 e. The van der Waals surface area contributed by atoms with E-state index in [0.29, 0.717) is 11.5 Å². The first-order valence-electron chi connectivity index (χ1n) is 8.35. The van der Waals surface area contributed by atoms with E-state index < -0.39 is 4.92 Å². The Morgan fingerprint density at radius 3 is 1.86 bits per heavy atom. The van der Waals surface area contributed by atoms with E-state index in [1.54, 1.807) is 26.4 Å². The zero-order valence-corrected chi connectivity index (χ0v) is 18.4. The fourth-order valence-corrected chi connectivity index (χ4v) is 3.96. The largest absolute Gasteiger partial charge is 0.496 e. The van der Waals surface area contributed by atoms with Gasteiger partial charge in [-0.3, -0.25) is 10.1 Å². The maximum atomic E-state index is 11.3. The highest BCUT2D eigenvalue weighted by Gasteiger charge is 2.26. The molecule has 3 rings (SSSR count). The fraction of sp³-hybridized carbons (Fsp3) is 0.143. The number of nitro benzene ring substituents is 1. The Morgan fingerprint density at radius 2 is 1.39 bits per heavy atom. The topological polar surface area (TPSA) is 61.6 Å². The molecule has 0 atom stereocenters. The molecule has 0 saturated heterocycles. The maximum Gasteiger partial charge on any atom is 0.269 e. The number of rotatable bonds is 6. The van der Waals surface area contributed by atoms with Crippen LogP contribution in [0.5, 0.6) is 11.5 Å². The molecule has 0 aliphatic carbocycles. The molecule has 7 heteroatoms. The minimum atomic E-state index is -0.392. The Balaban J connectivity index is 2.33. The molecule has 0 unspecified atom stereocenters. The van der Waals surface area contributed by atoms with E-state index in [1.807, 2.05) is 42.5 Å². The molecule has 3 aromatic rings. The van der Waals surface area contributed by atoms with E-state index in [1.165, 1.54) is 6.07 Å². The molecule has 0 saturated carbocycles. The van der Waals surface area contributed by atoms with Crippen LogP contribution < -0.4 is 9.47 Å². The lowest BCUT2D eigenvalue weighted by Gasteiger charge is -2.23. The number of ether oxygens (including phenoxy) is 2. The third-order valence-corrected chi connectivity index (χ3v) is 5.41. The smallest absolute Gasteiger partial charge is 0.269 e. The molecule has 0 N–H and O–H groups in total. The Labute approximate surface area is 179 Å². The van der Waals surface area contributed by atoms with E-state index in [4.69, 9.17) is 9.47 Å². The second-order valence-corrected chi connectivity index (χ2v) is 7.89. The lowest BCUT2D eigenvalue weighted by molar-refractivity contribution is -0.384. The van der Waals surface area contributed by atoms with Crippen molar-refractivity contribution in [2.75, 3.05) is 14.2 Å². The average Bonchev–Trinajstić information content (AvgIpc) is 2.69. The van der Waals surface area contributed by atoms with Crippen LogP contribution in [-0.4, -0.2) is 19.1 Å². The molecule has 5 nitrogen and oxygen atoms in total. The molecular weight excluding hydrogens is 490 g/mol. The van der Waals surface area contributed by atoms with Crippen LogP contribution in [0.4, 0.5) is 5.69 Å². The van der Waals surface area contributed by atoms with Crippen LogP contribution in [0.1, 0.15) is 22.6 Å². The minimum absolute atomic E-state index is 0.0328. The predicted molar refractivity (Wildman–Crippen MR) is 115 cm³/mol. The predicted octanol–water partition coefficient (Wildman–Crippen LogP) is 6.32. The second kappa shape index (κ2) is 8.75. The van der Waals surface area contributed by atoms with Gasteiger partial charge >= 0.3 is 0 Å². The second-order valence-electron chi connectivity index (χ2n) is 6.06. The normalized spacial score (nSPS) is 10.8. The van der Waals surface area contributed by atoms with Gasteiger partial charge in [-0.1, -0.05) is 44.0 Å². The van der Waals surface area contributed by atoms with E-state index in [2.05, 4.69) is 31.9 Å². The SMILES string of the molecule is COc1ccc(Br)cc1C(c1cccc([N+](=O)[O-])c1)c1cc(Br)ccc1OC. The Morgan fingerprint density at radius 1 is 0.857 bits per heavy atom. The summed E-state index contributed by atoms with van der Waals surface area (Å²) >= 11 is 7.04. The highest BCUT2D eigenvalue weighted by molar-refractivity contribution is 9.10. The van der Waals surface area contributed by atoms with Gasteiger partial charge in [0.15, 0.2) is 0 Å². The van der Waals surface area contributed by atoms with Crippen molar-refractivity contribution in [1.29, 1.82) is 0 Å². The van der Waals surface area contributed by atoms with Gasteiger partial charge < -0.3 is 9.47 Å². The van der Waals surface area contributed by atoms with Crippen molar-refractivity contribution in [1.82, 2.24) is 0 Å². The molecule has 0 aliphatic rings. The Bertz CT molecular complexity index is 970. The molecule has 0 aliphatic heterocycles. The van der Waals surface area contributed by atoms with Crippen LogP contribution in [0, 0.1) is 10.1 Å². The third-order valence-electron chi connectivity index (χ3n) is 4.42. The molecule has 0 fully saturated rings. The number of methoxy groups -OCH3 is 2. The number of hydrogen-bond acceptors (Lipinski definition) is 4. The van der Waals surface area contributed by atoms with Gasteiger partial charge in [0.05, 0.1) is 19.1 Å². The summed E-state index contributed by atoms with van der Waals surface area (Å²) in [6.45, 7) is 0. The number of non-ortho nitro benzene ring substituents is 1. The monoisotopic (exact) mass is 505 g/mol. The van der Waals surface area contributed by atoms with Crippen molar-refractivity contribution >= 4 is 37.5 Å². The number of hydrogen-bond donors (Lipinski definition) is 0. The molecule has 0 heterocycles. The van der Waals surface area contributed by atoms with Gasteiger partial charge in [-0.15, -0.1) is 0 Å². The zero-order chi connectivity index (χ0) is 20.3. The van der Waals surface area contributed by atoms with Crippen LogP contribution in [-0.2, 0) is 0 Å². The van der Waals surface area contributed by atoms with Gasteiger partial charge in [-0.05, 0) is 42.0 Å². The quantitative estimate of drug-likeness (QED) is 0.223. The zero-order valence-electron chi connectivity index (χ0n) is 15.2. The summed E-state index contributed by atoms with van der Waals surface area (Å²) in [5.74, 6) is 1.03. The molecule has 3 aromatic carbocycles. The van der Waals surface area contributed by atoms with Crippen LogP contribution in [0.15, 0.2) is 69.6 Å². The number of nitrogens with zero attached hydrogens (tertiary/aromatic N) is 1. The first kappa shape index (κ1) is 20.4. The van der Waals surface area contributed by atoms with Crippen molar-refractivity contribution in [2.45, 2.75) is 5.92 Å². The Hall–Kier alpha value is -2.38. The average molecular weight is 507 g/mol. The standard InChI is InChI=1S/C21H17Br2NO4/c1-27-19-8-6-14(22)11-17(19)21(13-4-3-5-16(10-13)24(25)26)18-12-15(23)7-9-20(18)28-2/h3-12,21H,1-2H3. The van der Waals surface area contributed by atoms with E-state index in [9.17, 15) is 10.1 Å². The number of nitro groups is 1. The van der Waals surface area contributed by atoms with Gasteiger partial charge in [0, 0.05) is 38.1 Å². The van der Waals surface area contributed by atoms with E-state index >= 15 is 0 Å². The molecule has 0 radical (unpaired) electrons. The summed E-state index contributed by atoms with van der Waals surface area (Å²) in [7, 11) is 3.21. The summed E-state index contributed by atoms with van der Waals surface area (Å²) in [5, 5.41) is 11.3. The van der Waals surface area contributed by atoms with Crippen LogP contribution >= 0.6 is 31.9 Å². The lowest BCUT2D eigenvalue weighted by Crippen LogP contribution is -2.08. The third kappa shape index (κ3) is 4.20. The molecular formula is C21H17Br2NO4. The summed E-state index contributed by atoms with van der Waals surface area (Å²) < 4.78 is 13.0. The van der Waals surface area contributed by atoms with Crippen LogP contribution in [0.3, 0.4) is 0 Å². The van der Waals surface area contributed by atoms with Gasteiger partial charge in [0.1, 0.15) is 11.5 Å². The molecule has 144 valence electrons. The van der Waals surface area contributed by atoms with Gasteiger partial charge in [0.25, 0.3) is 5.69 Å². The molecule has 0 bridgehead atoms. The van der Waals surface area contributed by atoms with Crippen molar-refractivity contribution < 1.29 is 14.4 Å². The van der Waals surface area contributed by atoms with Crippen LogP contribution in [0.2, 0.25) is 0 Å². The summed E-state index contributed by atoms with van der Waals surface area (Å²) in [6.07, 6.45) is 0. The maximum absolute atomic E-state index is 11.3. The number of halogens is 2. The molecule has 0 aromatic heterocycles. The van der Waals surface area contributed by atoms with Crippen molar-refractivity contribution in [3.8, 4) is 11.5 Å². The van der Waals surface area contributed by atoms with E-state index in [-0.39, 0.29) is 11.6 Å².